The van der Waals surface area contributed by atoms with Crippen LogP contribution in [0.4, 0.5) is 0 Å². The van der Waals surface area contributed by atoms with E-state index >= 15 is 0 Å². The van der Waals surface area contributed by atoms with Crippen LogP contribution in [0.1, 0.15) is 29.5 Å². The zero-order valence-corrected chi connectivity index (χ0v) is 10.1. The van der Waals surface area contributed by atoms with Crippen molar-refractivity contribution in [3.8, 4) is 0 Å². The highest BCUT2D eigenvalue weighted by Crippen LogP contribution is 2.23. The predicted octanol–water partition coefficient (Wildman–Crippen LogP) is 3.30. The Morgan fingerprint density at radius 1 is 1.31 bits per heavy atom. The standard InChI is InChI=1S/C14H18N2/c1-11-5-4-6-14(13(11)3)12(2)9-16-8-7-15-10-16/h4-8,10,12H,9H2,1-3H3. The van der Waals surface area contributed by atoms with Crippen LogP contribution in [-0.4, -0.2) is 9.55 Å². The van der Waals surface area contributed by atoms with Crippen LogP contribution in [-0.2, 0) is 6.54 Å². The lowest BCUT2D eigenvalue weighted by molar-refractivity contribution is 0.594. The van der Waals surface area contributed by atoms with E-state index in [1.807, 2.05) is 18.7 Å². The lowest BCUT2D eigenvalue weighted by Crippen LogP contribution is -2.06. The molecule has 0 radical (unpaired) electrons. The summed E-state index contributed by atoms with van der Waals surface area (Å²) in [4.78, 5) is 4.07. The van der Waals surface area contributed by atoms with E-state index in [1.54, 1.807) is 0 Å². The highest BCUT2D eigenvalue weighted by atomic mass is 15.0. The minimum atomic E-state index is 0.522. The van der Waals surface area contributed by atoms with E-state index in [0.717, 1.165) is 6.54 Å². The van der Waals surface area contributed by atoms with Gasteiger partial charge in [-0.25, -0.2) is 4.98 Å². The van der Waals surface area contributed by atoms with Crippen molar-refractivity contribution in [3.63, 3.8) is 0 Å². The number of hydrogen-bond acceptors (Lipinski definition) is 1. The molecule has 0 aliphatic carbocycles. The Morgan fingerprint density at radius 2 is 2.12 bits per heavy atom. The molecule has 0 fully saturated rings. The van der Waals surface area contributed by atoms with Crippen molar-refractivity contribution in [2.75, 3.05) is 0 Å². The van der Waals surface area contributed by atoms with E-state index in [4.69, 9.17) is 0 Å². The molecule has 1 heterocycles. The van der Waals surface area contributed by atoms with E-state index in [1.165, 1.54) is 16.7 Å². The molecule has 0 aliphatic heterocycles. The lowest BCUT2D eigenvalue weighted by Gasteiger charge is -2.16. The topological polar surface area (TPSA) is 17.8 Å². The van der Waals surface area contributed by atoms with Crippen molar-refractivity contribution in [3.05, 3.63) is 53.6 Å². The summed E-state index contributed by atoms with van der Waals surface area (Å²) in [7, 11) is 0. The van der Waals surface area contributed by atoms with Gasteiger partial charge in [-0.2, -0.15) is 0 Å². The summed E-state index contributed by atoms with van der Waals surface area (Å²) in [6, 6.07) is 6.54. The van der Waals surface area contributed by atoms with Gasteiger partial charge in [-0.1, -0.05) is 25.1 Å². The van der Waals surface area contributed by atoms with Gasteiger partial charge in [0.2, 0.25) is 0 Å². The first-order chi connectivity index (χ1) is 7.68. The number of aryl methyl sites for hydroxylation is 1. The van der Waals surface area contributed by atoms with Crippen molar-refractivity contribution in [1.82, 2.24) is 9.55 Å². The van der Waals surface area contributed by atoms with Crippen molar-refractivity contribution in [2.24, 2.45) is 0 Å². The van der Waals surface area contributed by atoms with Gasteiger partial charge in [0.25, 0.3) is 0 Å². The molecule has 0 aliphatic rings. The van der Waals surface area contributed by atoms with E-state index < -0.39 is 0 Å². The molecule has 1 unspecified atom stereocenters. The van der Waals surface area contributed by atoms with E-state index in [-0.39, 0.29) is 0 Å². The molecule has 1 atom stereocenters. The Labute approximate surface area is 97.0 Å². The van der Waals surface area contributed by atoms with Crippen LogP contribution < -0.4 is 0 Å². The summed E-state index contributed by atoms with van der Waals surface area (Å²) >= 11 is 0. The predicted molar refractivity (Wildman–Crippen MR) is 66.6 cm³/mol. The molecule has 1 aromatic heterocycles. The number of imidazole rings is 1. The second-order valence-electron chi connectivity index (χ2n) is 4.45. The SMILES string of the molecule is Cc1cccc(C(C)Cn2ccnc2)c1C. The third-order valence-corrected chi connectivity index (χ3v) is 3.22. The van der Waals surface area contributed by atoms with Gasteiger partial charge < -0.3 is 4.57 Å². The van der Waals surface area contributed by atoms with E-state index in [2.05, 4.69) is 48.5 Å². The van der Waals surface area contributed by atoms with Crippen LogP contribution in [0.25, 0.3) is 0 Å². The largest absolute Gasteiger partial charge is 0.337 e. The Hall–Kier alpha value is -1.57. The highest BCUT2D eigenvalue weighted by Gasteiger charge is 2.09. The van der Waals surface area contributed by atoms with Gasteiger partial charge in [-0.15, -0.1) is 0 Å². The number of benzene rings is 1. The first-order valence-corrected chi connectivity index (χ1v) is 5.70. The average molecular weight is 214 g/mol. The molecule has 2 rings (SSSR count). The molecule has 2 aromatic rings. The number of aromatic nitrogens is 2. The molecule has 0 saturated heterocycles. The fourth-order valence-electron chi connectivity index (χ4n) is 2.12. The third kappa shape index (κ3) is 2.16. The molecule has 0 N–H and O–H groups in total. The van der Waals surface area contributed by atoms with Crippen LogP contribution in [0.15, 0.2) is 36.9 Å². The first kappa shape index (κ1) is 10.9. The van der Waals surface area contributed by atoms with Crippen LogP contribution in [0, 0.1) is 13.8 Å². The molecule has 0 amide bonds. The van der Waals surface area contributed by atoms with Gasteiger partial charge in [0.15, 0.2) is 0 Å². The highest BCUT2D eigenvalue weighted by molar-refractivity contribution is 5.35. The van der Waals surface area contributed by atoms with Crippen molar-refractivity contribution in [2.45, 2.75) is 33.2 Å². The number of rotatable bonds is 3. The van der Waals surface area contributed by atoms with Crippen molar-refractivity contribution < 1.29 is 0 Å². The molecule has 0 spiro atoms. The second-order valence-corrected chi connectivity index (χ2v) is 4.45. The molecule has 1 aromatic carbocycles. The number of hydrogen-bond donors (Lipinski definition) is 0. The molecule has 2 nitrogen and oxygen atoms in total. The molecule has 16 heavy (non-hydrogen) atoms. The summed E-state index contributed by atoms with van der Waals surface area (Å²) in [6.45, 7) is 7.63. The minimum Gasteiger partial charge on any atom is -0.337 e. The van der Waals surface area contributed by atoms with Crippen molar-refractivity contribution in [1.29, 1.82) is 0 Å². The Bertz CT molecular complexity index is 458. The Morgan fingerprint density at radius 3 is 2.81 bits per heavy atom. The first-order valence-electron chi connectivity index (χ1n) is 5.70. The number of nitrogens with zero attached hydrogens (tertiary/aromatic N) is 2. The summed E-state index contributed by atoms with van der Waals surface area (Å²) in [5, 5.41) is 0. The summed E-state index contributed by atoms with van der Waals surface area (Å²) in [6.07, 6.45) is 5.72. The van der Waals surface area contributed by atoms with Crippen LogP contribution in [0.2, 0.25) is 0 Å². The van der Waals surface area contributed by atoms with Gasteiger partial charge in [-0.05, 0) is 36.5 Å². The summed E-state index contributed by atoms with van der Waals surface area (Å²) in [5.41, 5.74) is 4.22. The normalized spacial score (nSPS) is 12.7. The van der Waals surface area contributed by atoms with E-state index in [0.29, 0.717) is 5.92 Å². The van der Waals surface area contributed by atoms with Crippen molar-refractivity contribution >= 4 is 0 Å². The molecule has 84 valence electrons. The Kier molecular flexibility index (Phi) is 3.09. The summed E-state index contributed by atoms with van der Waals surface area (Å²) < 4.78 is 2.13. The van der Waals surface area contributed by atoms with Crippen LogP contribution >= 0.6 is 0 Å². The molecular formula is C14H18N2. The van der Waals surface area contributed by atoms with Crippen LogP contribution in [0.3, 0.4) is 0 Å². The second kappa shape index (κ2) is 4.52. The monoisotopic (exact) mass is 214 g/mol. The Balaban J connectivity index is 2.21. The van der Waals surface area contributed by atoms with Gasteiger partial charge in [0.05, 0.1) is 6.33 Å². The molecule has 2 heteroatoms. The summed E-state index contributed by atoms with van der Waals surface area (Å²) in [5.74, 6) is 0.522. The van der Waals surface area contributed by atoms with Gasteiger partial charge in [-0.3, -0.25) is 0 Å². The third-order valence-electron chi connectivity index (χ3n) is 3.22. The molecule has 0 bridgehead atoms. The maximum absolute atomic E-state index is 4.07. The van der Waals surface area contributed by atoms with Gasteiger partial charge in [0.1, 0.15) is 0 Å². The molecular weight excluding hydrogens is 196 g/mol. The quantitative estimate of drug-likeness (QED) is 0.766. The van der Waals surface area contributed by atoms with E-state index in [9.17, 15) is 0 Å². The van der Waals surface area contributed by atoms with Gasteiger partial charge >= 0.3 is 0 Å². The van der Waals surface area contributed by atoms with Gasteiger partial charge in [0, 0.05) is 18.9 Å². The maximum Gasteiger partial charge on any atom is 0.0946 e. The maximum atomic E-state index is 4.07. The fourth-order valence-corrected chi connectivity index (χ4v) is 2.12. The zero-order valence-electron chi connectivity index (χ0n) is 10.1. The lowest BCUT2D eigenvalue weighted by atomic mass is 9.93. The zero-order chi connectivity index (χ0) is 11.5. The van der Waals surface area contributed by atoms with Crippen LogP contribution in [0.5, 0.6) is 0 Å². The minimum absolute atomic E-state index is 0.522. The molecule has 0 saturated carbocycles. The average Bonchev–Trinajstić information content (AvgIpc) is 2.74. The smallest absolute Gasteiger partial charge is 0.0946 e. The fraction of sp³-hybridized carbons (Fsp3) is 0.357.